The lowest BCUT2D eigenvalue weighted by Gasteiger charge is -2.36. The van der Waals surface area contributed by atoms with Gasteiger partial charge in [0.15, 0.2) is 0 Å². The van der Waals surface area contributed by atoms with Gasteiger partial charge in [-0.1, -0.05) is 77.8 Å². The average Bonchev–Trinajstić information content (AvgIpc) is 2.90. The number of hydrogen-bond donors (Lipinski definition) is 1. The molecule has 0 fully saturated rings. The van der Waals surface area contributed by atoms with E-state index >= 15 is 0 Å². The Bertz CT molecular complexity index is 1450. The smallest absolute Gasteiger partial charge is 0.304 e. The van der Waals surface area contributed by atoms with E-state index in [1.54, 1.807) is 48.5 Å². The lowest BCUT2D eigenvalue weighted by atomic mass is 10.0. The molecule has 0 heterocycles. The van der Waals surface area contributed by atoms with Crippen molar-refractivity contribution >= 4 is 50.9 Å². The molecule has 11 heteroatoms. The molecule has 0 spiro atoms. The van der Waals surface area contributed by atoms with Crippen LogP contribution in [0.2, 0.25) is 10.0 Å². The number of para-hydroxylation sites is 1. The molecule has 3 rings (SSSR count). The summed E-state index contributed by atoms with van der Waals surface area (Å²) in [6, 6.07) is 21.6. The summed E-state index contributed by atoms with van der Waals surface area (Å²) in [4.78, 5) is 29.4. The minimum Gasteiger partial charge on any atom is -0.350 e. The van der Waals surface area contributed by atoms with Gasteiger partial charge in [-0.2, -0.15) is 12.7 Å². The summed E-state index contributed by atoms with van der Waals surface area (Å²) in [6.45, 7) is 4.98. The van der Waals surface area contributed by atoms with Gasteiger partial charge in [-0.05, 0) is 56.2 Å². The number of halogens is 2. The zero-order chi connectivity index (χ0) is 30.4. The molecule has 0 bridgehead atoms. The third kappa shape index (κ3) is 8.94. The van der Waals surface area contributed by atoms with E-state index in [2.05, 4.69) is 5.32 Å². The fourth-order valence-electron chi connectivity index (χ4n) is 4.15. The second-order valence-electron chi connectivity index (χ2n) is 10.8. The number of nitrogens with zero attached hydrogens (tertiary/aromatic N) is 3. The van der Waals surface area contributed by atoms with E-state index in [0.29, 0.717) is 21.3 Å². The molecule has 0 unspecified atom stereocenters. The summed E-state index contributed by atoms with van der Waals surface area (Å²) in [5.41, 5.74) is 1.14. The Balaban J connectivity index is 2.12. The number of rotatable bonds is 11. The van der Waals surface area contributed by atoms with E-state index in [9.17, 15) is 18.0 Å². The summed E-state index contributed by atoms with van der Waals surface area (Å²) in [5.74, 6) is -0.947. The maximum absolute atomic E-state index is 14.2. The highest BCUT2D eigenvalue weighted by Crippen LogP contribution is 2.26. The van der Waals surface area contributed by atoms with Gasteiger partial charge in [0, 0.05) is 42.6 Å². The van der Waals surface area contributed by atoms with Crippen LogP contribution >= 0.6 is 23.2 Å². The Morgan fingerprint density at radius 2 is 1.49 bits per heavy atom. The summed E-state index contributed by atoms with van der Waals surface area (Å²) in [5, 5.41) is 3.74. The Morgan fingerprint density at radius 3 is 2.02 bits per heavy atom. The standard InChI is InChI=1S/C30H36Cl2N4O4S/c1-30(2,3)33-29(38)27(18-22-12-8-6-9-13-22)35(20-23-16-17-24(31)19-26(23)32)28(37)21-36(41(39,40)34(4)5)25-14-10-7-11-15-25/h6-17,19,27H,18,20-21H2,1-5H3,(H,33,38)/t27-/m1/s1. The normalized spacial score (nSPS) is 12.6. The summed E-state index contributed by atoms with van der Waals surface area (Å²) in [6.07, 6.45) is 0.200. The van der Waals surface area contributed by atoms with E-state index in [1.165, 1.54) is 19.0 Å². The molecule has 8 nitrogen and oxygen atoms in total. The molecule has 3 aromatic rings. The minimum atomic E-state index is -4.07. The Labute approximate surface area is 253 Å². The molecule has 3 aromatic carbocycles. The van der Waals surface area contributed by atoms with Crippen LogP contribution in [0.3, 0.4) is 0 Å². The van der Waals surface area contributed by atoms with Crippen molar-refractivity contribution in [3.8, 4) is 0 Å². The number of nitrogens with one attached hydrogen (secondary N) is 1. The van der Waals surface area contributed by atoms with Crippen molar-refractivity contribution in [2.24, 2.45) is 0 Å². The highest BCUT2D eigenvalue weighted by molar-refractivity contribution is 7.90. The average molecular weight is 620 g/mol. The first kappa shape index (κ1) is 32.4. The molecule has 220 valence electrons. The van der Waals surface area contributed by atoms with Gasteiger partial charge in [0.1, 0.15) is 12.6 Å². The van der Waals surface area contributed by atoms with Gasteiger partial charge in [-0.25, -0.2) is 4.31 Å². The van der Waals surface area contributed by atoms with E-state index in [4.69, 9.17) is 23.2 Å². The van der Waals surface area contributed by atoms with Crippen LogP contribution in [-0.2, 0) is 32.8 Å². The molecular formula is C30H36Cl2N4O4S. The predicted molar refractivity (Wildman–Crippen MR) is 165 cm³/mol. The summed E-state index contributed by atoms with van der Waals surface area (Å²) in [7, 11) is -1.27. The number of hydrogen-bond acceptors (Lipinski definition) is 4. The van der Waals surface area contributed by atoms with Crippen molar-refractivity contribution in [1.29, 1.82) is 0 Å². The van der Waals surface area contributed by atoms with Crippen molar-refractivity contribution in [3.05, 3.63) is 100 Å². The van der Waals surface area contributed by atoms with Crippen molar-refractivity contribution in [2.45, 2.75) is 45.3 Å². The van der Waals surface area contributed by atoms with Crippen molar-refractivity contribution in [1.82, 2.24) is 14.5 Å². The molecule has 1 atom stereocenters. The largest absolute Gasteiger partial charge is 0.350 e. The van der Waals surface area contributed by atoms with Crippen molar-refractivity contribution in [3.63, 3.8) is 0 Å². The van der Waals surface area contributed by atoms with Crippen LogP contribution in [-0.4, -0.2) is 61.7 Å². The van der Waals surface area contributed by atoms with Gasteiger partial charge in [0.2, 0.25) is 11.8 Å². The topological polar surface area (TPSA) is 90.0 Å². The van der Waals surface area contributed by atoms with Crippen molar-refractivity contribution < 1.29 is 18.0 Å². The second-order valence-corrected chi connectivity index (χ2v) is 13.7. The van der Waals surface area contributed by atoms with Gasteiger partial charge in [0.25, 0.3) is 0 Å². The minimum absolute atomic E-state index is 0.0471. The lowest BCUT2D eigenvalue weighted by molar-refractivity contribution is -0.140. The first-order valence-corrected chi connectivity index (χ1v) is 15.2. The maximum Gasteiger partial charge on any atom is 0.304 e. The molecule has 0 aromatic heterocycles. The summed E-state index contributed by atoms with van der Waals surface area (Å²) < 4.78 is 28.9. The van der Waals surface area contributed by atoms with Crippen LogP contribution in [0.4, 0.5) is 5.69 Å². The van der Waals surface area contributed by atoms with Gasteiger partial charge < -0.3 is 10.2 Å². The molecule has 0 aliphatic carbocycles. The molecule has 0 aliphatic heterocycles. The predicted octanol–water partition coefficient (Wildman–Crippen LogP) is 5.16. The third-order valence-corrected chi connectivity index (χ3v) is 8.59. The number of amides is 2. The molecule has 0 radical (unpaired) electrons. The fraction of sp³-hybridized carbons (Fsp3) is 0.333. The zero-order valence-corrected chi connectivity index (χ0v) is 26.2. The monoisotopic (exact) mass is 618 g/mol. The second kappa shape index (κ2) is 13.7. The van der Waals surface area contributed by atoms with Crippen molar-refractivity contribution in [2.75, 3.05) is 24.9 Å². The molecule has 2 amide bonds. The number of carbonyl (C=O) groups excluding carboxylic acids is 2. The SMILES string of the molecule is CN(C)S(=O)(=O)N(CC(=O)N(Cc1ccc(Cl)cc1Cl)[C@H](Cc1ccccc1)C(=O)NC(C)(C)C)c1ccccc1. The number of anilines is 1. The maximum atomic E-state index is 14.2. The molecule has 0 saturated carbocycles. The Morgan fingerprint density at radius 1 is 0.902 bits per heavy atom. The number of carbonyl (C=O) groups is 2. The van der Waals surface area contributed by atoms with E-state index in [0.717, 1.165) is 14.2 Å². The van der Waals surface area contributed by atoms with Crippen LogP contribution < -0.4 is 9.62 Å². The quantitative estimate of drug-likeness (QED) is 0.321. The fourth-order valence-corrected chi connectivity index (χ4v) is 5.68. The van der Waals surface area contributed by atoms with Crippen LogP contribution in [0.15, 0.2) is 78.9 Å². The first-order valence-electron chi connectivity index (χ1n) is 13.0. The van der Waals surface area contributed by atoms with Crippen LogP contribution in [0, 0.1) is 0 Å². The van der Waals surface area contributed by atoms with Crippen LogP contribution in [0.5, 0.6) is 0 Å². The number of benzene rings is 3. The van der Waals surface area contributed by atoms with Gasteiger partial charge in [-0.3, -0.25) is 9.59 Å². The van der Waals surface area contributed by atoms with Gasteiger partial charge in [-0.15, -0.1) is 0 Å². The Kier molecular flexibility index (Phi) is 10.8. The first-order chi connectivity index (χ1) is 19.2. The zero-order valence-electron chi connectivity index (χ0n) is 23.8. The van der Waals surface area contributed by atoms with Gasteiger partial charge >= 0.3 is 10.2 Å². The molecule has 0 saturated heterocycles. The highest BCUT2D eigenvalue weighted by Gasteiger charge is 2.35. The highest BCUT2D eigenvalue weighted by atomic mass is 35.5. The summed E-state index contributed by atoms with van der Waals surface area (Å²) >= 11 is 12.6. The Hall–Kier alpha value is -3.11. The molecule has 0 aliphatic rings. The van der Waals surface area contributed by atoms with Gasteiger partial charge in [0.05, 0.1) is 5.69 Å². The van der Waals surface area contributed by atoms with Crippen LogP contribution in [0.25, 0.3) is 0 Å². The van der Waals surface area contributed by atoms with E-state index in [1.807, 2.05) is 51.1 Å². The lowest BCUT2D eigenvalue weighted by Crippen LogP contribution is -2.56. The van der Waals surface area contributed by atoms with E-state index < -0.39 is 34.2 Å². The molecule has 1 N–H and O–H groups in total. The third-order valence-electron chi connectivity index (χ3n) is 6.19. The van der Waals surface area contributed by atoms with Crippen LogP contribution in [0.1, 0.15) is 31.9 Å². The van der Waals surface area contributed by atoms with E-state index in [-0.39, 0.29) is 18.9 Å². The molecular weight excluding hydrogens is 583 g/mol. The molecule has 41 heavy (non-hydrogen) atoms.